The number of hydrogen-bond acceptors (Lipinski definition) is 2. The van der Waals surface area contributed by atoms with E-state index in [4.69, 9.17) is 0 Å². The molecule has 0 radical (unpaired) electrons. The molecule has 1 aromatic heterocycles. The van der Waals surface area contributed by atoms with Crippen molar-refractivity contribution in [3.63, 3.8) is 0 Å². The molecule has 0 amide bonds. The van der Waals surface area contributed by atoms with Crippen LogP contribution in [0.2, 0.25) is 0 Å². The zero-order valence-electron chi connectivity index (χ0n) is 12.5. The molecule has 1 saturated carbocycles. The molecular weight excluding hydrogens is 382 g/mol. The van der Waals surface area contributed by atoms with E-state index in [9.17, 15) is 0 Å². The number of halogens is 2. The van der Waals surface area contributed by atoms with Crippen molar-refractivity contribution in [2.45, 2.75) is 58.0 Å². The fraction of sp³-hybridized carbons (Fsp3) is 0.800. The molecule has 1 aliphatic carbocycles. The maximum atomic E-state index is 4.62. The molecule has 114 valence electrons. The fourth-order valence-corrected chi connectivity index (χ4v) is 4.33. The van der Waals surface area contributed by atoms with Crippen LogP contribution in [0.4, 0.5) is 0 Å². The van der Waals surface area contributed by atoms with Gasteiger partial charge in [-0.15, -0.1) is 0 Å². The molecule has 0 aliphatic heterocycles. The molecule has 20 heavy (non-hydrogen) atoms. The first-order valence-electron chi connectivity index (χ1n) is 7.67. The van der Waals surface area contributed by atoms with Gasteiger partial charge in [0.2, 0.25) is 0 Å². The number of hydrogen-bond donors (Lipinski definition) is 0. The first-order valence-corrected chi connectivity index (χ1v) is 9.59. The van der Waals surface area contributed by atoms with Crippen LogP contribution in [0, 0.1) is 0 Å². The van der Waals surface area contributed by atoms with E-state index >= 15 is 0 Å². The lowest BCUT2D eigenvalue weighted by Gasteiger charge is -2.34. The third-order valence-electron chi connectivity index (χ3n) is 4.32. The molecule has 0 spiro atoms. The Morgan fingerprint density at radius 3 is 2.55 bits per heavy atom. The Labute approximate surface area is 139 Å². The Kier molecular flexibility index (Phi) is 6.56. The molecule has 0 atom stereocenters. The van der Waals surface area contributed by atoms with Gasteiger partial charge in [-0.2, -0.15) is 5.10 Å². The topological polar surface area (TPSA) is 21.1 Å². The summed E-state index contributed by atoms with van der Waals surface area (Å²) < 4.78 is 3.25. The van der Waals surface area contributed by atoms with Crippen molar-refractivity contribution in [2.75, 3.05) is 11.9 Å². The van der Waals surface area contributed by atoms with Gasteiger partial charge < -0.3 is 0 Å². The normalized spacial score (nSPS) is 17.1. The van der Waals surface area contributed by atoms with Gasteiger partial charge >= 0.3 is 0 Å². The monoisotopic (exact) mass is 405 g/mol. The quantitative estimate of drug-likeness (QED) is 0.657. The highest BCUT2D eigenvalue weighted by Gasteiger charge is 2.23. The van der Waals surface area contributed by atoms with Gasteiger partial charge in [-0.3, -0.25) is 9.58 Å². The predicted molar refractivity (Wildman–Crippen MR) is 91.4 cm³/mol. The van der Waals surface area contributed by atoms with Crippen molar-refractivity contribution in [1.82, 2.24) is 14.7 Å². The van der Waals surface area contributed by atoms with Gasteiger partial charge in [0.15, 0.2) is 0 Å². The van der Waals surface area contributed by atoms with E-state index < -0.39 is 0 Å². The summed E-state index contributed by atoms with van der Waals surface area (Å²) in [5.41, 5.74) is 2.48. The summed E-state index contributed by atoms with van der Waals surface area (Å²) in [5.74, 6) is 0. The largest absolute Gasteiger partial charge is 0.294 e. The smallest absolute Gasteiger partial charge is 0.0767 e. The van der Waals surface area contributed by atoms with Crippen molar-refractivity contribution < 1.29 is 0 Å². The Morgan fingerprint density at radius 2 is 2.00 bits per heavy atom. The highest BCUT2D eigenvalue weighted by Crippen LogP contribution is 2.27. The molecule has 0 unspecified atom stereocenters. The standard InChI is InChI=1S/C15H25Br2N3/c1-3-13-15(17)14(19(2)18-13)11-20(10-9-16)12-7-5-4-6-8-12/h12H,3-11H2,1-2H3. The van der Waals surface area contributed by atoms with Crippen molar-refractivity contribution >= 4 is 31.9 Å². The predicted octanol–water partition coefficient (Wildman–Crippen LogP) is 4.27. The Bertz CT molecular complexity index is 425. The van der Waals surface area contributed by atoms with Crippen molar-refractivity contribution in [1.29, 1.82) is 0 Å². The molecular formula is C15H25Br2N3. The van der Waals surface area contributed by atoms with Crippen LogP contribution in [0.3, 0.4) is 0 Å². The first kappa shape index (κ1) is 16.5. The second-order valence-corrected chi connectivity index (χ2v) is 7.22. The summed E-state index contributed by atoms with van der Waals surface area (Å²) in [5, 5.41) is 5.66. The second kappa shape index (κ2) is 7.95. The zero-order valence-corrected chi connectivity index (χ0v) is 15.7. The summed E-state index contributed by atoms with van der Waals surface area (Å²) in [6.45, 7) is 4.28. The number of aryl methyl sites for hydroxylation is 2. The van der Waals surface area contributed by atoms with Crippen LogP contribution in [0.5, 0.6) is 0 Å². The molecule has 1 fully saturated rings. The van der Waals surface area contributed by atoms with E-state index in [1.165, 1.54) is 48.0 Å². The van der Waals surface area contributed by atoms with Gasteiger partial charge in [0.05, 0.1) is 15.9 Å². The molecule has 3 nitrogen and oxygen atoms in total. The Balaban J connectivity index is 2.12. The van der Waals surface area contributed by atoms with Crippen LogP contribution in [0.1, 0.15) is 50.4 Å². The molecule has 2 rings (SSSR count). The molecule has 1 heterocycles. The zero-order chi connectivity index (χ0) is 14.5. The average Bonchev–Trinajstić information content (AvgIpc) is 2.75. The summed E-state index contributed by atoms with van der Waals surface area (Å²) in [7, 11) is 2.06. The maximum Gasteiger partial charge on any atom is 0.0767 e. The van der Waals surface area contributed by atoms with Gasteiger partial charge in [-0.25, -0.2) is 0 Å². The van der Waals surface area contributed by atoms with E-state index in [2.05, 4.69) is 55.8 Å². The lowest BCUT2D eigenvalue weighted by atomic mass is 9.94. The molecule has 0 aromatic carbocycles. The maximum absolute atomic E-state index is 4.62. The third-order valence-corrected chi connectivity index (χ3v) is 5.59. The minimum absolute atomic E-state index is 0.744. The molecule has 1 aromatic rings. The van der Waals surface area contributed by atoms with E-state index in [1.807, 2.05) is 4.68 Å². The van der Waals surface area contributed by atoms with E-state index in [0.29, 0.717) is 0 Å². The van der Waals surface area contributed by atoms with Gasteiger partial charge in [0.1, 0.15) is 0 Å². The summed E-state index contributed by atoms with van der Waals surface area (Å²) in [4.78, 5) is 2.63. The van der Waals surface area contributed by atoms with Crippen LogP contribution < -0.4 is 0 Å². The lowest BCUT2D eigenvalue weighted by Crippen LogP contribution is -2.38. The Morgan fingerprint density at radius 1 is 1.30 bits per heavy atom. The second-order valence-electron chi connectivity index (χ2n) is 5.64. The van der Waals surface area contributed by atoms with Crippen LogP contribution in [0.25, 0.3) is 0 Å². The Hall–Kier alpha value is 0.130. The molecule has 5 heteroatoms. The number of rotatable bonds is 6. The molecule has 0 saturated heterocycles. The summed E-state index contributed by atoms with van der Waals surface area (Å²) in [6, 6.07) is 0.744. The SMILES string of the molecule is CCc1nn(C)c(CN(CCBr)C2CCCCC2)c1Br. The third kappa shape index (κ3) is 3.86. The lowest BCUT2D eigenvalue weighted by molar-refractivity contribution is 0.154. The first-order chi connectivity index (χ1) is 9.67. The van der Waals surface area contributed by atoms with E-state index in [0.717, 1.165) is 30.9 Å². The van der Waals surface area contributed by atoms with E-state index in [-0.39, 0.29) is 0 Å². The fourth-order valence-electron chi connectivity index (χ4n) is 3.13. The number of nitrogens with zero attached hydrogens (tertiary/aromatic N) is 3. The highest BCUT2D eigenvalue weighted by molar-refractivity contribution is 9.10. The summed E-state index contributed by atoms with van der Waals surface area (Å²) >= 11 is 7.35. The minimum Gasteiger partial charge on any atom is -0.294 e. The van der Waals surface area contributed by atoms with Crippen molar-refractivity contribution in [2.24, 2.45) is 7.05 Å². The van der Waals surface area contributed by atoms with Gasteiger partial charge in [0, 0.05) is 31.5 Å². The molecule has 0 bridgehead atoms. The van der Waals surface area contributed by atoms with Gasteiger partial charge in [-0.1, -0.05) is 42.1 Å². The van der Waals surface area contributed by atoms with E-state index in [1.54, 1.807) is 0 Å². The van der Waals surface area contributed by atoms with Gasteiger partial charge in [0.25, 0.3) is 0 Å². The van der Waals surface area contributed by atoms with Gasteiger partial charge in [-0.05, 0) is 35.2 Å². The van der Waals surface area contributed by atoms with Crippen molar-refractivity contribution in [3.05, 3.63) is 15.9 Å². The van der Waals surface area contributed by atoms with Crippen LogP contribution in [-0.4, -0.2) is 32.6 Å². The summed E-state index contributed by atoms with van der Waals surface area (Å²) in [6.07, 6.45) is 7.86. The van der Waals surface area contributed by atoms with Crippen molar-refractivity contribution in [3.8, 4) is 0 Å². The number of aromatic nitrogens is 2. The minimum atomic E-state index is 0.744. The average molecular weight is 407 g/mol. The van der Waals surface area contributed by atoms with Crippen LogP contribution >= 0.6 is 31.9 Å². The number of alkyl halides is 1. The van der Waals surface area contributed by atoms with Crippen LogP contribution in [0.15, 0.2) is 4.47 Å². The highest BCUT2D eigenvalue weighted by atomic mass is 79.9. The molecule has 1 aliphatic rings. The molecule has 0 N–H and O–H groups in total. The van der Waals surface area contributed by atoms with Crippen LogP contribution in [-0.2, 0) is 20.0 Å².